The Bertz CT molecular complexity index is 843. The maximum absolute atomic E-state index is 12.7. The maximum Gasteiger partial charge on any atom is 0.338 e. The van der Waals surface area contributed by atoms with E-state index < -0.39 is 53.3 Å². The van der Waals surface area contributed by atoms with E-state index in [2.05, 4.69) is 0 Å². The standard InChI is InChI=1S/C21H26O9/c1-10(2)18(24)27-13-7-21(9-22)14(29-21)5-6-20(4)17(30-20)16-15(13)12(19(25)28-16)8-26-11(3)23/h5-6,10,13-14,16-17,22H,7-9H2,1-4H3/b6-5-/t13-,14-,16?,17+,20+,21-/m0/s1. The van der Waals surface area contributed by atoms with Gasteiger partial charge in [-0.15, -0.1) is 0 Å². The number of hydrogen-bond donors (Lipinski definition) is 1. The van der Waals surface area contributed by atoms with Gasteiger partial charge in [-0.2, -0.15) is 0 Å². The zero-order valence-corrected chi connectivity index (χ0v) is 17.4. The molecular formula is C21H26O9. The second kappa shape index (κ2) is 7.18. The number of esters is 3. The molecule has 0 aromatic heterocycles. The summed E-state index contributed by atoms with van der Waals surface area (Å²) in [6, 6.07) is 0. The molecule has 164 valence electrons. The highest BCUT2D eigenvalue weighted by Crippen LogP contribution is 2.51. The Labute approximate surface area is 173 Å². The summed E-state index contributed by atoms with van der Waals surface area (Å²) in [5, 5.41) is 9.99. The van der Waals surface area contributed by atoms with Crippen LogP contribution in [0.15, 0.2) is 23.3 Å². The summed E-state index contributed by atoms with van der Waals surface area (Å²) in [5.74, 6) is -2.07. The van der Waals surface area contributed by atoms with Gasteiger partial charge in [-0.25, -0.2) is 4.79 Å². The molecule has 1 aliphatic carbocycles. The van der Waals surface area contributed by atoms with Crippen molar-refractivity contribution < 1.29 is 43.2 Å². The van der Waals surface area contributed by atoms with E-state index in [1.165, 1.54) is 6.92 Å². The first-order valence-electron chi connectivity index (χ1n) is 10.0. The molecule has 9 heteroatoms. The van der Waals surface area contributed by atoms with Gasteiger partial charge in [0.05, 0.1) is 18.1 Å². The third-order valence-electron chi connectivity index (χ3n) is 6.02. The number of hydrogen-bond acceptors (Lipinski definition) is 9. The predicted molar refractivity (Wildman–Crippen MR) is 100.0 cm³/mol. The lowest BCUT2D eigenvalue weighted by Crippen LogP contribution is -2.38. The number of aliphatic hydroxyl groups is 1. The molecular weight excluding hydrogens is 396 g/mol. The van der Waals surface area contributed by atoms with Gasteiger partial charge >= 0.3 is 17.9 Å². The Morgan fingerprint density at radius 1 is 1.33 bits per heavy atom. The Hall–Kier alpha value is -2.23. The Kier molecular flexibility index (Phi) is 5.03. The van der Waals surface area contributed by atoms with Crippen LogP contribution in [0.4, 0.5) is 0 Å². The van der Waals surface area contributed by atoms with Crippen LogP contribution >= 0.6 is 0 Å². The van der Waals surface area contributed by atoms with Crippen molar-refractivity contribution in [1.29, 1.82) is 0 Å². The lowest BCUT2D eigenvalue weighted by Gasteiger charge is -2.26. The summed E-state index contributed by atoms with van der Waals surface area (Å²) >= 11 is 0. The first-order chi connectivity index (χ1) is 14.1. The van der Waals surface area contributed by atoms with Crippen LogP contribution in [0.5, 0.6) is 0 Å². The summed E-state index contributed by atoms with van der Waals surface area (Å²) in [4.78, 5) is 36.5. The Morgan fingerprint density at radius 3 is 2.70 bits per heavy atom. The fourth-order valence-electron chi connectivity index (χ4n) is 4.07. The summed E-state index contributed by atoms with van der Waals surface area (Å²) in [5.41, 5.74) is -1.10. The number of carbonyl (C=O) groups excluding carboxylic acids is 3. The van der Waals surface area contributed by atoms with Crippen LogP contribution in [0.3, 0.4) is 0 Å². The molecule has 6 atom stereocenters. The summed E-state index contributed by atoms with van der Waals surface area (Å²) < 4.78 is 28.0. The molecule has 0 aromatic carbocycles. The summed E-state index contributed by atoms with van der Waals surface area (Å²) in [6.45, 7) is 5.90. The van der Waals surface area contributed by atoms with Crippen molar-refractivity contribution in [3.63, 3.8) is 0 Å². The van der Waals surface area contributed by atoms with E-state index >= 15 is 0 Å². The third kappa shape index (κ3) is 3.55. The van der Waals surface area contributed by atoms with E-state index in [-0.39, 0.29) is 31.3 Å². The molecule has 0 saturated carbocycles. The molecule has 30 heavy (non-hydrogen) atoms. The van der Waals surface area contributed by atoms with Crippen molar-refractivity contribution in [1.82, 2.24) is 0 Å². The van der Waals surface area contributed by atoms with E-state index in [9.17, 15) is 19.5 Å². The van der Waals surface area contributed by atoms with Crippen LogP contribution in [0.1, 0.15) is 34.1 Å². The van der Waals surface area contributed by atoms with Crippen LogP contribution in [-0.4, -0.2) is 71.8 Å². The lowest BCUT2D eigenvalue weighted by molar-refractivity contribution is -0.152. The average molecular weight is 422 g/mol. The van der Waals surface area contributed by atoms with Gasteiger partial charge in [-0.3, -0.25) is 9.59 Å². The molecule has 2 saturated heterocycles. The molecule has 0 bridgehead atoms. The minimum absolute atomic E-state index is 0.129. The molecule has 3 heterocycles. The molecule has 0 spiro atoms. The highest BCUT2D eigenvalue weighted by Gasteiger charge is 2.64. The van der Waals surface area contributed by atoms with E-state index in [4.69, 9.17) is 23.7 Å². The molecule has 4 aliphatic rings. The van der Waals surface area contributed by atoms with E-state index in [0.29, 0.717) is 5.57 Å². The molecule has 3 aliphatic heterocycles. The third-order valence-corrected chi connectivity index (χ3v) is 6.02. The zero-order valence-electron chi connectivity index (χ0n) is 17.4. The minimum atomic E-state index is -0.938. The van der Waals surface area contributed by atoms with Crippen molar-refractivity contribution >= 4 is 17.9 Å². The van der Waals surface area contributed by atoms with Crippen LogP contribution in [-0.2, 0) is 38.1 Å². The number of epoxide rings is 2. The molecule has 1 unspecified atom stereocenters. The highest BCUT2D eigenvalue weighted by molar-refractivity contribution is 5.93. The van der Waals surface area contributed by atoms with Crippen molar-refractivity contribution in [2.24, 2.45) is 5.92 Å². The molecule has 1 N–H and O–H groups in total. The van der Waals surface area contributed by atoms with Gasteiger partial charge in [0, 0.05) is 18.9 Å². The molecule has 0 amide bonds. The van der Waals surface area contributed by atoms with Gasteiger partial charge in [0.1, 0.15) is 36.1 Å². The Morgan fingerprint density at radius 2 is 2.07 bits per heavy atom. The lowest BCUT2D eigenvalue weighted by atomic mass is 9.85. The second-order valence-electron chi connectivity index (χ2n) is 8.67. The molecule has 4 rings (SSSR count). The quantitative estimate of drug-likeness (QED) is 0.293. The largest absolute Gasteiger partial charge is 0.461 e. The van der Waals surface area contributed by atoms with Gasteiger partial charge in [-0.1, -0.05) is 26.0 Å². The first-order valence-corrected chi connectivity index (χ1v) is 10.0. The molecule has 2 fully saturated rings. The first kappa shape index (κ1) is 21.0. The summed E-state index contributed by atoms with van der Waals surface area (Å²) in [7, 11) is 0. The van der Waals surface area contributed by atoms with Gasteiger partial charge in [0.15, 0.2) is 6.10 Å². The van der Waals surface area contributed by atoms with Crippen LogP contribution < -0.4 is 0 Å². The molecule has 0 radical (unpaired) electrons. The summed E-state index contributed by atoms with van der Waals surface area (Å²) in [6.07, 6.45) is 1.26. The smallest absolute Gasteiger partial charge is 0.338 e. The monoisotopic (exact) mass is 422 g/mol. The normalized spacial score (nSPS) is 40.0. The number of aliphatic hydroxyl groups excluding tert-OH is 1. The number of fused-ring (bicyclic) bond motifs is 4. The fourth-order valence-corrected chi connectivity index (χ4v) is 4.07. The van der Waals surface area contributed by atoms with Gasteiger partial charge in [0.2, 0.25) is 0 Å². The average Bonchev–Trinajstić information content (AvgIpc) is 3.52. The predicted octanol–water partition coefficient (Wildman–Crippen LogP) is 0.587. The van der Waals surface area contributed by atoms with Gasteiger partial charge in [0.25, 0.3) is 0 Å². The van der Waals surface area contributed by atoms with Crippen molar-refractivity contribution in [3.05, 3.63) is 23.3 Å². The van der Waals surface area contributed by atoms with E-state index in [1.807, 2.05) is 19.1 Å². The topological polar surface area (TPSA) is 124 Å². The molecule has 0 aromatic rings. The van der Waals surface area contributed by atoms with Gasteiger partial charge in [-0.05, 0) is 6.92 Å². The fraction of sp³-hybridized carbons (Fsp3) is 0.667. The Balaban J connectivity index is 1.78. The zero-order chi connectivity index (χ0) is 21.8. The van der Waals surface area contributed by atoms with E-state index in [1.54, 1.807) is 13.8 Å². The number of carbonyl (C=O) groups is 3. The second-order valence-corrected chi connectivity index (χ2v) is 8.67. The van der Waals surface area contributed by atoms with Crippen LogP contribution in [0, 0.1) is 5.92 Å². The minimum Gasteiger partial charge on any atom is -0.461 e. The number of rotatable bonds is 5. The maximum atomic E-state index is 12.7. The van der Waals surface area contributed by atoms with Crippen LogP contribution in [0.25, 0.3) is 0 Å². The SMILES string of the molecule is CC(=O)OCC1=C2C(OC1=O)[C@H]1O[C@]1(C)/C=C\[C@@H]1O[C@]1(CO)C[C@@H]2OC(=O)C(C)C. The molecule has 9 nitrogen and oxygen atoms in total. The number of ether oxygens (including phenoxy) is 5. The van der Waals surface area contributed by atoms with Crippen molar-refractivity contribution in [3.8, 4) is 0 Å². The van der Waals surface area contributed by atoms with Crippen LogP contribution in [0.2, 0.25) is 0 Å². The van der Waals surface area contributed by atoms with Gasteiger partial charge < -0.3 is 28.8 Å². The van der Waals surface area contributed by atoms with Crippen molar-refractivity contribution in [2.75, 3.05) is 13.2 Å². The highest BCUT2D eigenvalue weighted by atomic mass is 16.7. The van der Waals surface area contributed by atoms with E-state index in [0.717, 1.165) is 0 Å². The van der Waals surface area contributed by atoms with Crippen molar-refractivity contribution in [2.45, 2.75) is 69.7 Å².